The first-order chi connectivity index (χ1) is 16.0. The average molecular weight is 444 g/mol. The maximum Gasteiger partial charge on any atom is 0.178 e. The molecular formula is C25H29N7O. The molecule has 8 nitrogen and oxygen atoms in total. The minimum atomic E-state index is -0.0895. The number of rotatable bonds is 6. The summed E-state index contributed by atoms with van der Waals surface area (Å²) in [4.78, 5) is 13.1. The number of hydrogen-bond acceptors (Lipinski definition) is 6. The molecule has 0 saturated carbocycles. The molecule has 2 unspecified atom stereocenters. The Labute approximate surface area is 193 Å². The van der Waals surface area contributed by atoms with Crippen molar-refractivity contribution >= 4 is 11.4 Å². The van der Waals surface area contributed by atoms with Crippen molar-refractivity contribution in [3.8, 4) is 5.82 Å². The number of benzene rings is 1. The molecule has 0 amide bonds. The number of hydrogen-bond donors (Lipinski definition) is 1. The summed E-state index contributed by atoms with van der Waals surface area (Å²) in [6.07, 6.45) is 3.39. The predicted molar refractivity (Wildman–Crippen MR) is 125 cm³/mol. The zero-order valence-corrected chi connectivity index (χ0v) is 19.3. The van der Waals surface area contributed by atoms with Crippen LogP contribution in [0.3, 0.4) is 0 Å². The van der Waals surface area contributed by atoms with Crippen molar-refractivity contribution < 1.29 is 4.79 Å². The molecule has 1 aliphatic rings. The summed E-state index contributed by atoms with van der Waals surface area (Å²) >= 11 is 0. The summed E-state index contributed by atoms with van der Waals surface area (Å²) in [5, 5.41) is 21.0. The van der Waals surface area contributed by atoms with Gasteiger partial charge in [-0.15, -0.1) is 15.3 Å². The van der Waals surface area contributed by atoms with Gasteiger partial charge < -0.3 is 5.32 Å². The van der Waals surface area contributed by atoms with Gasteiger partial charge in [0.2, 0.25) is 0 Å². The fourth-order valence-electron chi connectivity index (χ4n) is 4.76. The third-order valence-corrected chi connectivity index (χ3v) is 6.69. The largest absolute Gasteiger partial charge is 0.307 e. The normalized spacial score (nSPS) is 18.6. The summed E-state index contributed by atoms with van der Waals surface area (Å²) in [7, 11) is 0. The van der Waals surface area contributed by atoms with Crippen LogP contribution in [0.1, 0.15) is 41.2 Å². The molecule has 0 spiro atoms. The highest BCUT2D eigenvalue weighted by molar-refractivity contribution is 5.86. The van der Waals surface area contributed by atoms with Crippen molar-refractivity contribution in [1.82, 2.24) is 34.9 Å². The van der Waals surface area contributed by atoms with E-state index in [-0.39, 0.29) is 11.8 Å². The highest BCUT2D eigenvalue weighted by atomic mass is 16.1. The molecule has 0 bridgehead atoms. The molecule has 5 rings (SSSR count). The van der Waals surface area contributed by atoms with E-state index in [1.165, 1.54) is 5.56 Å². The molecule has 1 N–H and O–H groups in total. The molecule has 1 fully saturated rings. The molecule has 1 aliphatic heterocycles. The van der Waals surface area contributed by atoms with Gasteiger partial charge in [-0.3, -0.25) is 4.79 Å². The van der Waals surface area contributed by atoms with E-state index in [0.717, 1.165) is 48.6 Å². The van der Waals surface area contributed by atoms with Crippen LogP contribution in [-0.4, -0.2) is 48.0 Å². The number of Topliss-reactive ketones (excluding diaryl/α,β-unsaturated/α-hetero) is 1. The first kappa shape index (κ1) is 21.5. The number of ketones is 1. The van der Waals surface area contributed by atoms with Crippen molar-refractivity contribution in [2.45, 2.75) is 52.5 Å². The van der Waals surface area contributed by atoms with Gasteiger partial charge in [-0.2, -0.15) is 9.61 Å². The molecule has 0 radical (unpaired) electrons. The Morgan fingerprint density at radius 2 is 1.85 bits per heavy atom. The van der Waals surface area contributed by atoms with E-state index in [0.29, 0.717) is 23.8 Å². The number of fused-ring (bicyclic) bond motifs is 1. The molecule has 1 aromatic carbocycles. The van der Waals surface area contributed by atoms with Crippen LogP contribution < -0.4 is 5.32 Å². The van der Waals surface area contributed by atoms with E-state index < -0.39 is 0 Å². The van der Waals surface area contributed by atoms with Gasteiger partial charge in [0.15, 0.2) is 23.1 Å². The van der Waals surface area contributed by atoms with Crippen LogP contribution >= 0.6 is 0 Å². The Balaban J connectivity index is 1.26. The quantitative estimate of drug-likeness (QED) is 0.493. The molecule has 2 atom stereocenters. The van der Waals surface area contributed by atoms with E-state index in [2.05, 4.69) is 50.0 Å². The first-order valence-corrected chi connectivity index (χ1v) is 11.5. The van der Waals surface area contributed by atoms with E-state index in [1.807, 2.05) is 39.0 Å². The average Bonchev–Trinajstić information content (AvgIpc) is 3.34. The van der Waals surface area contributed by atoms with Crippen LogP contribution in [0.15, 0.2) is 42.5 Å². The minimum Gasteiger partial charge on any atom is -0.307 e. The van der Waals surface area contributed by atoms with Crippen LogP contribution in [0.5, 0.6) is 0 Å². The van der Waals surface area contributed by atoms with Crippen molar-refractivity contribution in [2.75, 3.05) is 6.54 Å². The smallest absolute Gasteiger partial charge is 0.178 e. The van der Waals surface area contributed by atoms with Crippen molar-refractivity contribution in [3.05, 3.63) is 70.8 Å². The summed E-state index contributed by atoms with van der Waals surface area (Å²) in [5.41, 5.74) is 4.84. The topological polar surface area (TPSA) is 90.0 Å². The Morgan fingerprint density at radius 1 is 1.03 bits per heavy atom. The van der Waals surface area contributed by atoms with Crippen LogP contribution in [-0.2, 0) is 17.6 Å². The van der Waals surface area contributed by atoms with E-state index in [9.17, 15) is 4.79 Å². The maximum absolute atomic E-state index is 13.1. The summed E-state index contributed by atoms with van der Waals surface area (Å²) in [5.74, 6) is 2.21. The van der Waals surface area contributed by atoms with Crippen LogP contribution in [0.4, 0.5) is 0 Å². The van der Waals surface area contributed by atoms with Crippen LogP contribution in [0.2, 0.25) is 0 Å². The van der Waals surface area contributed by atoms with E-state index in [4.69, 9.17) is 0 Å². The van der Waals surface area contributed by atoms with Gasteiger partial charge in [0.05, 0.1) is 11.7 Å². The number of carbonyl (C=O) groups excluding carboxylic acids is 1. The highest BCUT2D eigenvalue weighted by Gasteiger charge is 2.27. The Hall–Kier alpha value is -3.39. The van der Waals surface area contributed by atoms with E-state index >= 15 is 0 Å². The minimum absolute atomic E-state index is 0.0895. The van der Waals surface area contributed by atoms with Gasteiger partial charge in [0.25, 0.3) is 0 Å². The van der Waals surface area contributed by atoms with Gasteiger partial charge in [0.1, 0.15) is 0 Å². The lowest BCUT2D eigenvalue weighted by molar-refractivity contribution is -0.121. The second kappa shape index (κ2) is 8.86. The Kier molecular flexibility index (Phi) is 5.76. The summed E-state index contributed by atoms with van der Waals surface area (Å²) < 4.78 is 3.51. The van der Waals surface area contributed by atoms with Crippen molar-refractivity contribution in [1.29, 1.82) is 0 Å². The third kappa shape index (κ3) is 4.30. The molecule has 0 aliphatic carbocycles. The molecule has 4 heterocycles. The second-order valence-corrected chi connectivity index (χ2v) is 9.01. The fraction of sp³-hybridized carbons (Fsp3) is 0.400. The molecule has 170 valence electrons. The monoisotopic (exact) mass is 443 g/mol. The highest BCUT2D eigenvalue weighted by Crippen LogP contribution is 2.23. The Bertz CT molecular complexity index is 1280. The second-order valence-electron chi connectivity index (χ2n) is 9.01. The lowest BCUT2D eigenvalue weighted by Crippen LogP contribution is -2.45. The summed E-state index contributed by atoms with van der Waals surface area (Å²) in [6.45, 7) is 6.70. The van der Waals surface area contributed by atoms with Crippen LogP contribution in [0, 0.1) is 26.7 Å². The number of aryl methyl sites for hydroxylation is 2. The van der Waals surface area contributed by atoms with Crippen molar-refractivity contribution in [3.63, 3.8) is 0 Å². The van der Waals surface area contributed by atoms with Gasteiger partial charge in [-0.05, 0) is 70.2 Å². The number of nitrogens with one attached hydrogen (secondary N) is 1. The lowest BCUT2D eigenvalue weighted by Gasteiger charge is -2.29. The van der Waals surface area contributed by atoms with Gasteiger partial charge in [0, 0.05) is 17.7 Å². The fourth-order valence-corrected chi connectivity index (χ4v) is 4.76. The van der Waals surface area contributed by atoms with Gasteiger partial charge in [-0.1, -0.05) is 30.3 Å². The Morgan fingerprint density at radius 3 is 2.61 bits per heavy atom. The lowest BCUT2D eigenvalue weighted by atomic mass is 9.87. The van der Waals surface area contributed by atoms with E-state index in [1.54, 1.807) is 9.20 Å². The number of piperidine rings is 1. The van der Waals surface area contributed by atoms with Crippen molar-refractivity contribution in [2.24, 2.45) is 5.92 Å². The number of nitrogens with zero attached hydrogens (tertiary/aromatic N) is 6. The standard InChI is InChI=1S/C25H29N7O/c1-16-21(17(2)31(29-16)25-12-11-24-28-27-18(3)32(24)30-25)14-23(33)22-10-9-20(15-26-22)13-19-7-5-4-6-8-19/h4-8,11-12,20,22,26H,9-10,13-15H2,1-3H3. The third-order valence-electron chi connectivity index (χ3n) is 6.69. The number of carbonyl (C=O) groups is 1. The molecule has 33 heavy (non-hydrogen) atoms. The van der Waals surface area contributed by atoms with Crippen LogP contribution in [0.25, 0.3) is 11.5 Å². The molecule has 4 aromatic rings. The predicted octanol–water partition coefficient (Wildman–Crippen LogP) is 2.96. The number of aromatic nitrogens is 6. The van der Waals surface area contributed by atoms with Gasteiger partial charge >= 0.3 is 0 Å². The van der Waals surface area contributed by atoms with Gasteiger partial charge in [-0.25, -0.2) is 4.68 Å². The summed E-state index contributed by atoms with van der Waals surface area (Å²) in [6, 6.07) is 14.2. The molecule has 8 heteroatoms. The molecule has 3 aromatic heterocycles. The SMILES string of the molecule is Cc1nn(-c2ccc3nnc(C)n3n2)c(C)c1CC(=O)C1CCC(Cc2ccccc2)CN1. The maximum atomic E-state index is 13.1. The first-order valence-electron chi connectivity index (χ1n) is 11.5. The zero-order valence-electron chi connectivity index (χ0n) is 19.3. The zero-order chi connectivity index (χ0) is 22.9. The molecular weight excluding hydrogens is 414 g/mol. The molecule has 1 saturated heterocycles.